The summed E-state index contributed by atoms with van der Waals surface area (Å²) < 4.78 is 35.3. The fourth-order valence-corrected chi connectivity index (χ4v) is 3.09. The molecule has 7 heteroatoms. The SMILES string of the molecule is CC1NC(c2ccc(F)cc2)N(CCCS(C)(=O)=O)C1=O. The van der Waals surface area contributed by atoms with Crippen molar-refractivity contribution in [3.8, 4) is 0 Å². The molecule has 1 aliphatic heterocycles. The number of benzene rings is 1. The van der Waals surface area contributed by atoms with Gasteiger partial charge in [0.25, 0.3) is 0 Å². The molecule has 1 saturated heterocycles. The number of hydrogen-bond donors (Lipinski definition) is 1. The molecule has 0 aliphatic carbocycles. The lowest BCUT2D eigenvalue weighted by molar-refractivity contribution is -0.129. The van der Waals surface area contributed by atoms with Crippen LogP contribution in [-0.4, -0.2) is 43.8 Å². The highest BCUT2D eigenvalue weighted by atomic mass is 32.2. The van der Waals surface area contributed by atoms with Crippen LogP contribution in [0.2, 0.25) is 0 Å². The number of sulfone groups is 1. The fraction of sp³-hybridized carbons (Fsp3) is 0.500. The summed E-state index contributed by atoms with van der Waals surface area (Å²) in [4.78, 5) is 13.8. The molecular formula is C14H19FN2O3S. The molecule has 0 saturated carbocycles. The van der Waals surface area contributed by atoms with Crippen LogP contribution < -0.4 is 5.32 Å². The van der Waals surface area contributed by atoms with E-state index in [-0.39, 0.29) is 29.7 Å². The number of carbonyl (C=O) groups is 1. The van der Waals surface area contributed by atoms with Gasteiger partial charge in [0.05, 0.1) is 11.8 Å². The number of hydrogen-bond acceptors (Lipinski definition) is 4. The smallest absolute Gasteiger partial charge is 0.241 e. The second-order valence-electron chi connectivity index (χ2n) is 5.36. The molecule has 1 heterocycles. The van der Waals surface area contributed by atoms with Crippen molar-refractivity contribution in [3.63, 3.8) is 0 Å². The van der Waals surface area contributed by atoms with Crippen molar-refractivity contribution in [2.75, 3.05) is 18.6 Å². The monoisotopic (exact) mass is 314 g/mol. The third kappa shape index (κ3) is 4.01. The standard InChI is InChI=1S/C14H19FN2O3S/c1-10-14(18)17(8-3-9-21(2,19)20)13(16-10)11-4-6-12(15)7-5-11/h4-7,10,13,16H,3,8-9H2,1-2H3. The van der Waals surface area contributed by atoms with Crippen LogP contribution in [-0.2, 0) is 14.6 Å². The van der Waals surface area contributed by atoms with Crippen LogP contribution in [0.3, 0.4) is 0 Å². The molecule has 2 atom stereocenters. The Labute approximate surface area is 124 Å². The first kappa shape index (κ1) is 15.9. The normalized spacial score (nSPS) is 22.8. The maximum absolute atomic E-state index is 13.0. The Morgan fingerprint density at radius 3 is 2.48 bits per heavy atom. The van der Waals surface area contributed by atoms with Crippen molar-refractivity contribution >= 4 is 15.7 Å². The van der Waals surface area contributed by atoms with Crippen molar-refractivity contribution < 1.29 is 17.6 Å². The van der Waals surface area contributed by atoms with Crippen LogP contribution in [0.1, 0.15) is 25.1 Å². The summed E-state index contributed by atoms with van der Waals surface area (Å²) in [5.41, 5.74) is 0.786. The Kier molecular flexibility index (Phi) is 4.63. The topological polar surface area (TPSA) is 66.5 Å². The molecule has 1 amide bonds. The van der Waals surface area contributed by atoms with Gasteiger partial charge in [0.1, 0.15) is 21.8 Å². The van der Waals surface area contributed by atoms with Gasteiger partial charge in [-0.05, 0) is 31.0 Å². The first-order valence-electron chi connectivity index (χ1n) is 6.77. The number of amides is 1. The van der Waals surface area contributed by atoms with Gasteiger partial charge in [-0.15, -0.1) is 0 Å². The van der Waals surface area contributed by atoms with E-state index in [9.17, 15) is 17.6 Å². The van der Waals surface area contributed by atoms with Gasteiger partial charge in [-0.1, -0.05) is 12.1 Å². The van der Waals surface area contributed by atoms with Crippen molar-refractivity contribution in [2.45, 2.75) is 25.6 Å². The molecule has 1 aliphatic rings. The zero-order chi connectivity index (χ0) is 15.6. The zero-order valence-electron chi connectivity index (χ0n) is 12.0. The lowest BCUT2D eigenvalue weighted by Crippen LogP contribution is -2.32. The van der Waals surface area contributed by atoms with Gasteiger partial charge in [-0.25, -0.2) is 12.8 Å². The van der Waals surface area contributed by atoms with Gasteiger partial charge in [-0.3, -0.25) is 10.1 Å². The number of halogens is 1. The summed E-state index contributed by atoms with van der Waals surface area (Å²) >= 11 is 0. The second-order valence-corrected chi connectivity index (χ2v) is 7.62. The first-order valence-corrected chi connectivity index (χ1v) is 8.84. The Bertz CT molecular complexity index is 616. The lowest BCUT2D eigenvalue weighted by atomic mass is 10.1. The van der Waals surface area contributed by atoms with Gasteiger partial charge in [0.2, 0.25) is 5.91 Å². The van der Waals surface area contributed by atoms with Gasteiger partial charge in [0, 0.05) is 12.8 Å². The Hall–Kier alpha value is -1.47. The summed E-state index contributed by atoms with van der Waals surface area (Å²) in [6.45, 7) is 2.11. The third-order valence-electron chi connectivity index (χ3n) is 3.47. The highest BCUT2D eigenvalue weighted by molar-refractivity contribution is 7.90. The summed E-state index contributed by atoms with van der Waals surface area (Å²) in [6, 6.07) is 5.61. The summed E-state index contributed by atoms with van der Waals surface area (Å²) in [6.07, 6.45) is 1.22. The quantitative estimate of drug-likeness (QED) is 0.883. The molecule has 0 aromatic heterocycles. The Morgan fingerprint density at radius 1 is 1.29 bits per heavy atom. The molecule has 1 N–H and O–H groups in total. The predicted molar refractivity (Wildman–Crippen MR) is 77.8 cm³/mol. The van der Waals surface area contributed by atoms with Crippen molar-refractivity contribution in [2.24, 2.45) is 0 Å². The van der Waals surface area contributed by atoms with E-state index in [1.807, 2.05) is 0 Å². The minimum atomic E-state index is -3.04. The number of nitrogens with zero attached hydrogens (tertiary/aromatic N) is 1. The molecule has 0 spiro atoms. The minimum absolute atomic E-state index is 0.0430. The Balaban J connectivity index is 2.11. The zero-order valence-corrected chi connectivity index (χ0v) is 12.9. The fourth-order valence-electron chi connectivity index (χ4n) is 2.43. The molecule has 2 unspecified atom stereocenters. The van der Waals surface area contributed by atoms with Crippen LogP contribution in [0.5, 0.6) is 0 Å². The number of rotatable bonds is 5. The molecule has 1 aromatic rings. The number of nitrogens with one attached hydrogen (secondary N) is 1. The second kappa shape index (κ2) is 6.11. The molecule has 1 fully saturated rings. The van der Waals surface area contributed by atoms with Crippen LogP contribution in [0.15, 0.2) is 24.3 Å². The van der Waals surface area contributed by atoms with E-state index in [0.29, 0.717) is 13.0 Å². The van der Waals surface area contributed by atoms with Crippen molar-refractivity contribution in [1.29, 1.82) is 0 Å². The van der Waals surface area contributed by atoms with Crippen molar-refractivity contribution in [1.82, 2.24) is 10.2 Å². The van der Waals surface area contributed by atoms with Gasteiger partial charge >= 0.3 is 0 Å². The molecule has 21 heavy (non-hydrogen) atoms. The van der Waals surface area contributed by atoms with E-state index in [2.05, 4.69) is 5.32 Å². The molecule has 116 valence electrons. The maximum atomic E-state index is 13.0. The van der Waals surface area contributed by atoms with Crippen molar-refractivity contribution in [3.05, 3.63) is 35.6 Å². The third-order valence-corrected chi connectivity index (χ3v) is 4.50. The van der Waals surface area contributed by atoms with E-state index < -0.39 is 9.84 Å². The van der Waals surface area contributed by atoms with Gasteiger partial charge < -0.3 is 4.90 Å². The average Bonchev–Trinajstić information content (AvgIpc) is 2.66. The average molecular weight is 314 g/mol. The first-order chi connectivity index (χ1) is 9.78. The highest BCUT2D eigenvalue weighted by Gasteiger charge is 2.36. The predicted octanol–water partition coefficient (Wildman–Crippen LogP) is 1.08. The van der Waals surface area contributed by atoms with Crippen LogP contribution in [0.25, 0.3) is 0 Å². The summed E-state index contributed by atoms with van der Waals surface area (Å²) in [5, 5.41) is 3.14. The largest absolute Gasteiger partial charge is 0.322 e. The molecule has 5 nitrogen and oxygen atoms in total. The molecule has 1 aromatic carbocycles. The molecule has 2 rings (SSSR count). The van der Waals surface area contributed by atoms with Gasteiger partial charge in [-0.2, -0.15) is 0 Å². The summed E-state index contributed by atoms with van der Waals surface area (Å²) in [5.74, 6) is -0.362. The highest BCUT2D eigenvalue weighted by Crippen LogP contribution is 2.25. The van der Waals surface area contributed by atoms with E-state index in [0.717, 1.165) is 5.56 Å². The van der Waals surface area contributed by atoms with Crippen LogP contribution in [0, 0.1) is 5.82 Å². The van der Waals surface area contributed by atoms with Crippen LogP contribution >= 0.6 is 0 Å². The van der Waals surface area contributed by atoms with E-state index in [1.165, 1.54) is 18.4 Å². The molecule has 0 radical (unpaired) electrons. The Morgan fingerprint density at radius 2 is 1.90 bits per heavy atom. The van der Waals surface area contributed by atoms with E-state index in [4.69, 9.17) is 0 Å². The van der Waals surface area contributed by atoms with E-state index in [1.54, 1.807) is 24.0 Å². The van der Waals surface area contributed by atoms with Gasteiger partial charge in [0.15, 0.2) is 0 Å². The summed E-state index contributed by atoms with van der Waals surface area (Å²) in [7, 11) is -3.04. The van der Waals surface area contributed by atoms with Crippen LogP contribution in [0.4, 0.5) is 4.39 Å². The van der Waals surface area contributed by atoms with E-state index >= 15 is 0 Å². The minimum Gasteiger partial charge on any atom is -0.322 e. The maximum Gasteiger partial charge on any atom is 0.241 e. The lowest BCUT2D eigenvalue weighted by Gasteiger charge is -2.24. The number of carbonyl (C=O) groups excluding carboxylic acids is 1. The molecule has 0 bridgehead atoms. The molecular weight excluding hydrogens is 295 g/mol.